The van der Waals surface area contributed by atoms with Gasteiger partial charge in [0.25, 0.3) is 0 Å². The first-order valence-electron chi connectivity index (χ1n) is 12.2. The van der Waals surface area contributed by atoms with E-state index in [0.717, 1.165) is 47.5 Å². The maximum atomic E-state index is 7.79. The predicted octanol–water partition coefficient (Wildman–Crippen LogP) is 7.32. The lowest BCUT2D eigenvalue weighted by atomic mass is 9.95. The molecule has 4 heteroatoms. The third-order valence-corrected chi connectivity index (χ3v) is 6.43. The normalized spacial score (nSPS) is 15.6. The Morgan fingerprint density at radius 3 is 2.44 bits per heavy atom. The van der Waals surface area contributed by atoms with Crippen molar-refractivity contribution < 1.29 is 9.47 Å². The molecule has 1 atom stereocenters. The maximum Gasteiger partial charge on any atom is 0.230 e. The zero-order chi connectivity index (χ0) is 22.8. The number of ether oxygens (including phenoxy) is 2. The number of nitrogens with zero attached hydrogens (tertiary/aromatic N) is 1. The predicted molar refractivity (Wildman–Crippen MR) is 134 cm³/mol. The van der Waals surface area contributed by atoms with Crippen molar-refractivity contribution in [1.82, 2.24) is 0 Å². The molecule has 3 rings (SSSR count). The van der Waals surface area contributed by atoms with E-state index in [4.69, 9.17) is 19.9 Å². The summed E-state index contributed by atoms with van der Waals surface area (Å²) in [5.74, 6) is 1.98. The zero-order valence-corrected chi connectivity index (χ0v) is 19.9. The average Bonchev–Trinajstić information content (AvgIpc) is 2.84. The van der Waals surface area contributed by atoms with Gasteiger partial charge in [0.2, 0.25) is 6.79 Å². The molecule has 1 fully saturated rings. The maximum absolute atomic E-state index is 7.79. The standard InChI is InChI=1S/C28H38N2O2/c1-4-11-22-12-9-14-24(19-30-25-15-7-6-8-16-25)27(22)31-20-32-28-23(18-29)13-10-17-26(28)21(3)5-2/h9-10,12-14,17-19,21,25,29H,4-8,11,15-16,20H2,1-3H3/b29-18?,30-19+. The molecule has 1 aliphatic rings. The molecule has 0 aliphatic heterocycles. The van der Waals surface area contributed by atoms with Gasteiger partial charge in [-0.3, -0.25) is 4.99 Å². The van der Waals surface area contributed by atoms with Gasteiger partial charge < -0.3 is 14.9 Å². The molecule has 2 aromatic rings. The first-order chi connectivity index (χ1) is 15.7. The zero-order valence-electron chi connectivity index (χ0n) is 19.9. The van der Waals surface area contributed by atoms with Crippen LogP contribution in [0.3, 0.4) is 0 Å². The van der Waals surface area contributed by atoms with Crippen LogP contribution in [-0.2, 0) is 6.42 Å². The van der Waals surface area contributed by atoms with Gasteiger partial charge in [-0.1, -0.05) is 70.7 Å². The van der Waals surface area contributed by atoms with Crippen molar-refractivity contribution in [3.8, 4) is 11.5 Å². The smallest absolute Gasteiger partial charge is 0.230 e. The molecule has 1 N–H and O–H groups in total. The van der Waals surface area contributed by atoms with Crippen LogP contribution in [0.5, 0.6) is 11.5 Å². The van der Waals surface area contributed by atoms with Gasteiger partial charge in [0.15, 0.2) is 0 Å². The second kappa shape index (κ2) is 12.4. The molecule has 0 heterocycles. The molecule has 0 radical (unpaired) electrons. The quantitative estimate of drug-likeness (QED) is 0.297. The minimum atomic E-state index is 0.110. The molecule has 0 aromatic heterocycles. The van der Waals surface area contributed by atoms with Gasteiger partial charge in [-0.25, -0.2) is 0 Å². The van der Waals surface area contributed by atoms with Crippen LogP contribution in [-0.4, -0.2) is 25.3 Å². The van der Waals surface area contributed by atoms with Crippen molar-refractivity contribution in [2.75, 3.05) is 6.79 Å². The highest BCUT2D eigenvalue weighted by Gasteiger charge is 2.16. The van der Waals surface area contributed by atoms with Crippen molar-refractivity contribution in [3.63, 3.8) is 0 Å². The van der Waals surface area contributed by atoms with E-state index < -0.39 is 0 Å². The van der Waals surface area contributed by atoms with Crippen molar-refractivity contribution in [2.24, 2.45) is 4.99 Å². The van der Waals surface area contributed by atoms with Gasteiger partial charge in [0.1, 0.15) is 11.5 Å². The van der Waals surface area contributed by atoms with Gasteiger partial charge in [-0.15, -0.1) is 0 Å². The topological polar surface area (TPSA) is 54.7 Å². The van der Waals surface area contributed by atoms with Crippen LogP contribution in [0.15, 0.2) is 41.4 Å². The van der Waals surface area contributed by atoms with Crippen LogP contribution in [0.25, 0.3) is 0 Å². The molecule has 0 spiro atoms. The summed E-state index contributed by atoms with van der Waals surface area (Å²) in [4.78, 5) is 4.88. The number of hydrogen-bond donors (Lipinski definition) is 1. The second-order valence-corrected chi connectivity index (χ2v) is 8.78. The highest BCUT2D eigenvalue weighted by molar-refractivity contribution is 5.84. The molecule has 1 unspecified atom stereocenters. The van der Waals surface area contributed by atoms with Crippen molar-refractivity contribution in [3.05, 3.63) is 58.7 Å². The van der Waals surface area contributed by atoms with Crippen molar-refractivity contribution in [2.45, 2.75) is 84.1 Å². The van der Waals surface area contributed by atoms with E-state index in [1.807, 2.05) is 18.3 Å². The molecular weight excluding hydrogens is 396 g/mol. The van der Waals surface area contributed by atoms with E-state index in [-0.39, 0.29) is 6.79 Å². The fraction of sp³-hybridized carbons (Fsp3) is 0.500. The number of aliphatic imine (C=N–C) groups is 1. The van der Waals surface area contributed by atoms with E-state index in [0.29, 0.717) is 12.0 Å². The van der Waals surface area contributed by atoms with Crippen LogP contribution in [0.1, 0.15) is 93.9 Å². The van der Waals surface area contributed by atoms with Gasteiger partial charge in [-0.2, -0.15) is 0 Å². The lowest BCUT2D eigenvalue weighted by Gasteiger charge is -2.20. The Morgan fingerprint density at radius 2 is 1.72 bits per heavy atom. The number of para-hydroxylation sites is 2. The van der Waals surface area contributed by atoms with Crippen LogP contribution >= 0.6 is 0 Å². The third-order valence-electron chi connectivity index (χ3n) is 6.43. The Bertz CT molecular complexity index is 900. The summed E-state index contributed by atoms with van der Waals surface area (Å²) in [7, 11) is 0. The summed E-state index contributed by atoms with van der Waals surface area (Å²) in [6.45, 7) is 6.65. The molecule has 2 aromatic carbocycles. The van der Waals surface area contributed by atoms with Crippen LogP contribution in [0.4, 0.5) is 0 Å². The number of nitrogens with one attached hydrogen (secondary N) is 1. The number of hydrogen-bond acceptors (Lipinski definition) is 4. The fourth-order valence-corrected chi connectivity index (χ4v) is 4.37. The van der Waals surface area contributed by atoms with E-state index >= 15 is 0 Å². The van der Waals surface area contributed by atoms with E-state index in [2.05, 4.69) is 45.0 Å². The second-order valence-electron chi connectivity index (χ2n) is 8.78. The molecule has 4 nitrogen and oxygen atoms in total. The number of benzene rings is 2. The molecule has 0 saturated heterocycles. The summed E-state index contributed by atoms with van der Waals surface area (Å²) in [6.07, 6.45) is 12.6. The summed E-state index contributed by atoms with van der Waals surface area (Å²) >= 11 is 0. The highest BCUT2D eigenvalue weighted by atomic mass is 16.7. The molecule has 1 saturated carbocycles. The SMILES string of the molecule is CCCc1cccc(/C=N/C2CCCCC2)c1OCOc1c(C=N)cccc1C(C)CC. The van der Waals surface area contributed by atoms with Crippen molar-refractivity contribution in [1.29, 1.82) is 5.41 Å². The fourth-order valence-electron chi connectivity index (χ4n) is 4.37. The Kier molecular flexibility index (Phi) is 9.33. The lowest BCUT2D eigenvalue weighted by molar-refractivity contribution is 0.117. The van der Waals surface area contributed by atoms with Gasteiger partial charge in [-0.05, 0) is 54.9 Å². The lowest BCUT2D eigenvalue weighted by Crippen LogP contribution is -2.13. The Hall–Kier alpha value is -2.62. The Labute approximate surface area is 193 Å². The summed E-state index contributed by atoms with van der Waals surface area (Å²) < 4.78 is 12.4. The summed E-state index contributed by atoms with van der Waals surface area (Å²) in [6, 6.07) is 12.7. The van der Waals surface area contributed by atoms with Gasteiger partial charge in [0.05, 0.1) is 0 Å². The van der Waals surface area contributed by atoms with Crippen LogP contribution in [0, 0.1) is 5.41 Å². The molecule has 32 heavy (non-hydrogen) atoms. The van der Waals surface area contributed by atoms with E-state index in [1.54, 1.807) is 0 Å². The molecule has 0 amide bonds. The first kappa shape index (κ1) is 24.0. The first-order valence-corrected chi connectivity index (χ1v) is 12.2. The van der Waals surface area contributed by atoms with Crippen molar-refractivity contribution >= 4 is 12.4 Å². The van der Waals surface area contributed by atoms with E-state index in [9.17, 15) is 0 Å². The van der Waals surface area contributed by atoms with Gasteiger partial charge >= 0.3 is 0 Å². The third kappa shape index (κ3) is 6.21. The number of aryl methyl sites for hydroxylation is 1. The van der Waals surface area contributed by atoms with Gasteiger partial charge in [0, 0.05) is 29.6 Å². The summed E-state index contributed by atoms with van der Waals surface area (Å²) in [5, 5.41) is 7.79. The average molecular weight is 435 g/mol. The Morgan fingerprint density at radius 1 is 1.00 bits per heavy atom. The highest BCUT2D eigenvalue weighted by Crippen LogP contribution is 2.32. The number of rotatable bonds is 11. The van der Waals surface area contributed by atoms with Crippen LogP contribution in [0.2, 0.25) is 0 Å². The minimum Gasteiger partial charge on any atom is -0.457 e. The summed E-state index contributed by atoms with van der Waals surface area (Å²) in [5.41, 5.74) is 4.11. The molecular formula is C28H38N2O2. The largest absolute Gasteiger partial charge is 0.457 e. The Balaban J connectivity index is 1.80. The molecule has 172 valence electrons. The molecule has 0 bridgehead atoms. The van der Waals surface area contributed by atoms with Crippen LogP contribution < -0.4 is 9.47 Å². The monoisotopic (exact) mass is 434 g/mol. The minimum absolute atomic E-state index is 0.110. The van der Waals surface area contributed by atoms with E-state index in [1.165, 1.54) is 43.9 Å². The molecule has 1 aliphatic carbocycles.